The van der Waals surface area contributed by atoms with Gasteiger partial charge in [-0.25, -0.2) is 0 Å². The Labute approximate surface area is 85.3 Å². The van der Waals surface area contributed by atoms with Crippen molar-refractivity contribution in [2.75, 3.05) is 0 Å². The smallest absolute Gasteiger partial charge is 0.163 e. The Morgan fingerprint density at radius 3 is 2.71 bits per heavy atom. The van der Waals surface area contributed by atoms with Gasteiger partial charge in [0, 0.05) is 6.42 Å². The van der Waals surface area contributed by atoms with E-state index in [1.54, 1.807) is 0 Å². The van der Waals surface area contributed by atoms with Crippen molar-refractivity contribution in [2.45, 2.75) is 51.1 Å². The summed E-state index contributed by atoms with van der Waals surface area (Å²) in [4.78, 5) is 0. The van der Waals surface area contributed by atoms with Gasteiger partial charge in [-0.2, -0.15) is 5.26 Å². The normalized spacial score (nSPS) is 30.6. The van der Waals surface area contributed by atoms with E-state index in [1.165, 1.54) is 0 Å². The fourth-order valence-corrected chi connectivity index (χ4v) is 1.78. The van der Waals surface area contributed by atoms with Crippen LogP contribution in [0, 0.1) is 11.3 Å². The van der Waals surface area contributed by atoms with Crippen LogP contribution in [-0.2, 0) is 9.47 Å². The number of ether oxygens (including phenoxy) is 2. The molecule has 0 unspecified atom stereocenters. The van der Waals surface area contributed by atoms with E-state index in [0.29, 0.717) is 6.42 Å². The summed E-state index contributed by atoms with van der Waals surface area (Å²) in [6.07, 6.45) is 4.00. The Kier molecular flexibility index (Phi) is 3.68. The van der Waals surface area contributed by atoms with Gasteiger partial charge in [-0.3, -0.25) is 0 Å². The van der Waals surface area contributed by atoms with Crippen molar-refractivity contribution < 1.29 is 9.47 Å². The van der Waals surface area contributed by atoms with Gasteiger partial charge in [0.15, 0.2) is 5.79 Å². The third kappa shape index (κ3) is 3.13. The minimum atomic E-state index is -0.576. The Bertz CT molecular complexity index is 242. The maximum Gasteiger partial charge on any atom is 0.163 e. The maximum absolute atomic E-state index is 8.61. The van der Waals surface area contributed by atoms with E-state index in [9.17, 15) is 0 Å². The largest absolute Gasteiger partial charge is 0.347 e. The summed E-state index contributed by atoms with van der Waals surface area (Å²) in [6.45, 7) is 7.45. The summed E-state index contributed by atoms with van der Waals surface area (Å²) in [6, 6.07) is 2.13. The van der Waals surface area contributed by atoms with Crippen LogP contribution in [0.25, 0.3) is 0 Å². The standard InChI is InChI=1S/C11H17NO2/c1-4-5-9-8-10(6-7-12)14-11(2,3)13-9/h4,9-10H,1,5-6,8H2,2-3H3/t9-,10+/m0/s1. The second kappa shape index (κ2) is 4.59. The Morgan fingerprint density at radius 1 is 1.50 bits per heavy atom. The summed E-state index contributed by atoms with van der Waals surface area (Å²) in [5, 5.41) is 8.61. The van der Waals surface area contributed by atoms with Crippen molar-refractivity contribution in [1.82, 2.24) is 0 Å². The lowest BCUT2D eigenvalue weighted by Gasteiger charge is -2.40. The molecule has 1 aliphatic rings. The lowest BCUT2D eigenvalue weighted by Crippen LogP contribution is -2.44. The molecule has 1 fully saturated rings. The monoisotopic (exact) mass is 195 g/mol. The van der Waals surface area contributed by atoms with Gasteiger partial charge in [0.1, 0.15) is 0 Å². The molecule has 0 aromatic rings. The molecule has 1 heterocycles. The number of nitrogens with zero attached hydrogens (tertiary/aromatic N) is 1. The third-order valence-corrected chi connectivity index (χ3v) is 2.18. The van der Waals surface area contributed by atoms with Gasteiger partial charge >= 0.3 is 0 Å². The number of nitriles is 1. The van der Waals surface area contributed by atoms with Crippen LogP contribution in [-0.4, -0.2) is 18.0 Å². The van der Waals surface area contributed by atoms with Crippen molar-refractivity contribution in [3.05, 3.63) is 12.7 Å². The van der Waals surface area contributed by atoms with Gasteiger partial charge < -0.3 is 9.47 Å². The highest BCUT2D eigenvalue weighted by Crippen LogP contribution is 2.29. The minimum absolute atomic E-state index is 0.00583. The predicted octanol–water partition coefficient (Wildman–Crippen LogP) is 2.39. The van der Waals surface area contributed by atoms with Crippen molar-refractivity contribution in [1.29, 1.82) is 5.26 Å². The Morgan fingerprint density at radius 2 is 2.14 bits per heavy atom. The van der Waals surface area contributed by atoms with E-state index < -0.39 is 5.79 Å². The molecule has 1 saturated heterocycles. The zero-order valence-corrected chi connectivity index (χ0v) is 8.82. The number of hydrogen-bond donors (Lipinski definition) is 0. The topological polar surface area (TPSA) is 42.2 Å². The van der Waals surface area contributed by atoms with Crippen LogP contribution in [0.4, 0.5) is 0 Å². The molecule has 14 heavy (non-hydrogen) atoms. The fourth-order valence-electron chi connectivity index (χ4n) is 1.78. The lowest BCUT2D eigenvalue weighted by molar-refractivity contribution is -0.297. The lowest BCUT2D eigenvalue weighted by atomic mass is 10.0. The molecule has 3 nitrogen and oxygen atoms in total. The number of rotatable bonds is 3. The first kappa shape index (κ1) is 11.2. The minimum Gasteiger partial charge on any atom is -0.347 e. The molecule has 0 radical (unpaired) electrons. The highest BCUT2D eigenvalue weighted by atomic mass is 16.7. The van der Waals surface area contributed by atoms with Gasteiger partial charge in [0.25, 0.3) is 0 Å². The second-order valence-corrected chi connectivity index (χ2v) is 4.00. The van der Waals surface area contributed by atoms with E-state index >= 15 is 0 Å². The van der Waals surface area contributed by atoms with E-state index in [1.807, 2.05) is 19.9 Å². The molecular formula is C11H17NO2. The zero-order valence-electron chi connectivity index (χ0n) is 8.82. The molecule has 0 aliphatic carbocycles. The van der Waals surface area contributed by atoms with E-state index in [0.717, 1.165) is 12.8 Å². The molecule has 0 bridgehead atoms. The molecule has 0 aromatic heterocycles. The van der Waals surface area contributed by atoms with Crippen LogP contribution < -0.4 is 0 Å². The summed E-state index contributed by atoms with van der Waals surface area (Å²) in [5.41, 5.74) is 0. The molecule has 0 amide bonds. The average molecular weight is 195 g/mol. The van der Waals surface area contributed by atoms with Gasteiger partial charge in [-0.1, -0.05) is 6.08 Å². The van der Waals surface area contributed by atoms with Gasteiger partial charge in [-0.15, -0.1) is 6.58 Å². The summed E-state index contributed by atoms with van der Waals surface area (Å²) in [5.74, 6) is -0.576. The van der Waals surface area contributed by atoms with Crippen molar-refractivity contribution in [3.63, 3.8) is 0 Å². The highest BCUT2D eigenvalue weighted by Gasteiger charge is 2.34. The van der Waals surface area contributed by atoms with Crippen LogP contribution in [0.2, 0.25) is 0 Å². The molecule has 0 spiro atoms. The van der Waals surface area contributed by atoms with Crippen LogP contribution in [0.1, 0.15) is 33.1 Å². The first-order valence-corrected chi connectivity index (χ1v) is 4.91. The quantitative estimate of drug-likeness (QED) is 0.649. The van der Waals surface area contributed by atoms with Crippen LogP contribution in [0.15, 0.2) is 12.7 Å². The highest BCUT2D eigenvalue weighted by molar-refractivity contribution is 4.86. The molecule has 1 aliphatic heterocycles. The SMILES string of the molecule is C=CC[C@H]1C[C@@H](CC#N)OC(C)(C)O1. The molecule has 0 saturated carbocycles. The van der Waals surface area contributed by atoms with Crippen LogP contribution in [0.5, 0.6) is 0 Å². The molecule has 78 valence electrons. The van der Waals surface area contributed by atoms with Gasteiger partial charge in [0.2, 0.25) is 0 Å². The second-order valence-electron chi connectivity index (χ2n) is 4.00. The van der Waals surface area contributed by atoms with E-state index in [2.05, 4.69) is 12.6 Å². The first-order chi connectivity index (χ1) is 6.57. The van der Waals surface area contributed by atoms with Crippen LogP contribution >= 0.6 is 0 Å². The predicted molar refractivity (Wildman–Crippen MR) is 53.5 cm³/mol. The molecule has 3 heteroatoms. The van der Waals surface area contributed by atoms with Crippen molar-refractivity contribution in [3.8, 4) is 6.07 Å². The van der Waals surface area contributed by atoms with E-state index in [4.69, 9.17) is 14.7 Å². The van der Waals surface area contributed by atoms with E-state index in [-0.39, 0.29) is 12.2 Å². The Balaban J connectivity index is 2.57. The maximum atomic E-state index is 8.61. The Hall–Kier alpha value is -0.850. The number of hydrogen-bond acceptors (Lipinski definition) is 3. The first-order valence-electron chi connectivity index (χ1n) is 4.91. The fraction of sp³-hybridized carbons (Fsp3) is 0.727. The van der Waals surface area contributed by atoms with Crippen molar-refractivity contribution >= 4 is 0 Å². The molecule has 2 atom stereocenters. The van der Waals surface area contributed by atoms with Gasteiger partial charge in [-0.05, 0) is 20.3 Å². The zero-order chi connectivity index (χ0) is 10.6. The summed E-state index contributed by atoms with van der Waals surface area (Å²) < 4.78 is 11.3. The summed E-state index contributed by atoms with van der Waals surface area (Å²) in [7, 11) is 0. The molecule has 1 rings (SSSR count). The van der Waals surface area contributed by atoms with Crippen molar-refractivity contribution in [2.24, 2.45) is 0 Å². The molecular weight excluding hydrogens is 178 g/mol. The third-order valence-electron chi connectivity index (χ3n) is 2.18. The molecule has 0 N–H and O–H groups in total. The van der Waals surface area contributed by atoms with Gasteiger partial charge in [0.05, 0.1) is 24.7 Å². The average Bonchev–Trinajstić information content (AvgIpc) is 2.01. The van der Waals surface area contributed by atoms with Crippen LogP contribution in [0.3, 0.4) is 0 Å². The molecule has 0 aromatic carbocycles. The summed E-state index contributed by atoms with van der Waals surface area (Å²) >= 11 is 0.